The van der Waals surface area contributed by atoms with Crippen molar-refractivity contribution in [3.63, 3.8) is 0 Å². The van der Waals surface area contributed by atoms with E-state index in [4.69, 9.17) is 16.2 Å². The molecule has 1 aromatic carbocycles. The normalized spacial score (nSPS) is 21.1. The number of β-amino-alcohol motifs (C(OH)–C–C–N with tert-alkyl or cyclic N) is 1. The Bertz CT molecular complexity index is 448. The van der Waals surface area contributed by atoms with Gasteiger partial charge in [0, 0.05) is 25.0 Å². The number of benzene rings is 1. The highest BCUT2D eigenvalue weighted by Crippen LogP contribution is 2.26. The molecule has 5 N–H and O–H groups in total. The lowest BCUT2D eigenvalue weighted by molar-refractivity contribution is 0.0258. The summed E-state index contributed by atoms with van der Waals surface area (Å²) in [7, 11) is 0. The Morgan fingerprint density at radius 3 is 3.00 bits per heavy atom. The molecule has 2 rings (SSSR count). The predicted molar refractivity (Wildman–Crippen MR) is 71.4 cm³/mol. The first kappa shape index (κ1) is 12.7. The Kier molecular flexibility index (Phi) is 3.69. The van der Waals surface area contributed by atoms with Crippen LogP contribution in [0.25, 0.3) is 0 Å². The zero-order chi connectivity index (χ0) is 13.1. The fourth-order valence-electron chi connectivity index (χ4n) is 1.82. The van der Waals surface area contributed by atoms with Gasteiger partial charge in [0.25, 0.3) is 0 Å². The van der Waals surface area contributed by atoms with Crippen molar-refractivity contribution in [3.05, 3.63) is 18.2 Å². The van der Waals surface area contributed by atoms with Crippen LogP contribution in [-0.2, 0) is 0 Å². The second kappa shape index (κ2) is 5.24. The lowest BCUT2D eigenvalue weighted by atomic mass is 10.2. The van der Waals surface area contributed by atoms with Gasteiger partial charge < -0.3 is 21.3 Å². The Morgan fingerprint density at radius 2 is 2.33 bits per heavy atom. The largest absolute Gasteiger partial charge is 0.453 e. The van der Waals surface area contributed by atoms with Crippen molar-refractivity contribution in [1.82, 2.24) is 4.90 Å². The number of ether oxygens (including phenoxy) is 1. The summed E-state index contributed by atoms with van der Waals surface area (Å²) in [5.41, 5.74) is 12.5. The van der Waals surface area contributed by atoms with Crippen LogP contribution in [0.15, 0.2) is 23.2 Å². The van der Waals surface area contributed by atoms with E-state index in [-0.39, 0.29) is 0 Å². The first-order valence-electron chi connectivity index (χ1n) is 5.81. The van der Waals surface area contributed by atoms with E-state index < -0.39 is 12.5 Å². The van der Waals surface area contributed by atoms with E-state index in [1.807, 2.05) is 4.90 Å². The quantitative estimate of drug-likeness (QED) is 0.667. The van der Waals surface area contributed by atoms with Gasteiger partial charge >= 0.3 is 0 Å². The summed E-state index contributed by atoms with van der Waals surface area (Å²) in [6.07, 6.45) is 0.896. The van der Waals surface area contributed by atoms with E-state index in [1.54, 1.807) is 31.3 Å². The maximum atomic E-state index is 9.39. The van der Waals surface area contributed by atoms with Crippen molar-refractivity contribution in [2.75, 3.05) is 24.6 Å². The van der Waals surface area contributed by atoms with E-state index in [0.717, 1.165) is 0 Å². The summed E-state index contributed by atoms with van der Waals surface area (Å²) in [5.74, 6) is 0.545. The predicted octanol–water partition coefficient (Wildman–Crippen LogP) is 0.281. The molecule has 2 unspecified atom stereocenters. The minimum absolute atomic E-state index is 0.429. The van der Waals surface area contributed by atoms with Gasteiger partial charge in [0.2, 0.25) is 6.35 Å². The van der Waals surface area contributed by atoms with Crippen LogP contribution < -0.4 is 16.2 Å². The van der Waals surface area contributed by atoms with Crippen LogP contribution in [0.3, 0.4) is 0 Å². The van der Waals surface area contributed by atoms with E-state index >= 15 is 0 Å². The fourth-order valence-corrected chi connectivity index (χ4v) is 1.82. The number of hydrogen-bond donors (Lipinski definition) is 3. The Balaban J connectivity index is 2.05. The molecule has 18 heavy (non-hydrogen) atoms. The number of nitrogens with two attached hydrogens (primary N) is 2. The summed E-state index contributed by atoms with van der Waals surface area (Å²) in [6, 6.07) is 5.09. The summed E-state index contributed by atoms with van der Waals surface area (Å²) in [5, 5.41) is 9.39. The van der Waals surface area contributed by atoms with E-state index in [2.05, 4.69) is 4.99 Å². The van der Waals surface area contributed by atoms with Crippen LogP contribution in [0.1, 0.15) is 6.92 Å². The molecule has 2 atom stereocenters. The molecular formula is C12H18N4O2. The molecule has 0 aromatic heterocycles. The van der Waals surface area contributed by atoms with Gasteiger partial charge in [-0.05, 0) is 25.1 Å². The average Bonchev–Trinajstić information content (AvgIpc) is 2.69. The molecular weight excluding hydrogens is 232 g/mol. The minimum Gasteiger partial charge on any atom is -0.453 e. The topological polar surface area (TPSA) is 97.1 Å². The Labute approximate surface area is 106 Å². The number of nitrogens with zero attached hydrogens (tertiary/aromatic N) is 2. The van der Waals surface area contributed by atoms with Gasteiger partial charge in [-0.3, -0.25) is 0 Å². The van der Waals surface area contributed by atoms with Crippen molar-refractivity contribution in [2.45, 2.75) is 19.4 Å². The third kappa shape index (κ3) is 2.91. The zero-order valence-electron chi connectivity index (χ0n) is 10.3. The van der Waals surface area contributed by atoms with Gasteiger partial charge in [0.05, 0.1) is 11.8 Å². The zero-order valence-corrected chi connectivity index (χ0v) is 10.3. The molecule has 1 aliphatic rings. The molecule has 0 fully saturated rings. The van der Waals surface area contributed by atoms with Gasteiger partial charge in [0.15, 0.2) is 0 Å². The average molecular weight is 250 g/mol. The third-order valence-corrected chi connectivity index (χ3v) is 2.63. The summed E-state index contributed by atoms with van der Waals surface area (Å²) in [6.45, 7) is 2.89. The highest BCUT2D eigenvalue weighted by atomic mass is 16.5. The third-order valence-electron chi connectivity index (χ3n) is 2.63. The smallest absolute Gasteiger partial charge is 0.249 e. The lowest BCUT2D eigenvalue weighted by Crippen LogP contribution is -2.39. The number of hydrogen-bond acceptors (Lipinski definition) is 6. The number of rotatable bonds is 4. The molecule has 0 amide bonds. The molecule has 0 spiro atoms. The molecule has 6 nitrogen and oxygen atoms in total. The molecule has 98 valence electrons. The summed E-state index contributed by atoms with van der Waals surface area (Å²) >= 11 is 0. The van der Waals surface area contributed by atoms with Gasteiger partial charge in [0.1, 0.15) is 5.75 Å². The molecule has 0 radical (unpaired) electrons. The van der Waals surface area contributed by atoms with Crippen molar-refractivity contribution >= 4 is 17.6 Å². The highest BCUT2D eigenvalue weighted by Gasteiger charge is 2.24. The molecule has 6 heteroatoms. The van der Waals surface area contributed by atoms with Gasteiger partial charge in [-0.2, -0.15) is 0 Å². The number of anilines is 2. The fraction of sp³-hybridized carbons (Fsp3) is 0.417. The molecule has 1 aromatic rings. The van der Waals surface area contributed by atoms with Crippen LogP contribution in [0.4, 0.5) is 11.4 Å². The number of nitrogen functional groups attached to an aromatic ring is 2. The standard InChI is InChI=1S/C12H18N4O2/c1-8(17)7-16-5-4-15-12(16)18-11-3-2-9(13)6-10(11)14/h2-4,6,8,12,17H,5,7,13-14H2,1H3. The van der Waals surface area contributed by atoms with E-state index in [1.165, 1.54) is 0 Å². The van der Waals surface area contributed by atoms with Crippen molar-refractivity contribution in [3.8, 4) is 5.75 Å². The minimum atomic E-state index is -0.439. The number of aliphatic hydroxyl groups excluding tert-OH is 1. The van der Waals surface area contributed by atoms with Crippen LogP contribution in [0, 0.1) is 0 Å². The van der Waals surface area contributed by atoms with Crippen molar-refractivity contribution in [2.24, 2.45) is 4.99 Å². The van der Waals surface area contributed by atoms with Gasteiger partial charge in [-0.15, -0.1) is 0 Å². The highest BCUT2D eigenvalue weighted by molar-refractivity contribution is 5.63. The molecule has 0 saturated heterocycles. The maximum absolute atomic E-state index is 9.39. The number of aliphatic imine (C=N–C) groups is 1. The lowest BCUT2D eigenvalue weighted by Gasteiger charge is -2.24. The molecule has 0 bridgehead atoms. The molecule has 0 aliphatic carbocycles. The SMILES string of the molecule is CC(O)CN1CC=NC1Oc1ccc(N)cc1N. The van der Waals surface area contributed by atoms with Gasteiger partial charge in [-0.1, -0.05) is 0 Å². The summed E-state index contributed by atoms with van der Waals surface area (Å²) < 4.78 is 5.71. The Hall–Kier alpha value is -1.79. The molecule has 1 heterocycles. The first-order valence-corrected chi connectivity index (χ1v) is 5.81. The first-order chi connectivity index (χ1) is 8.56. The van der Waals surface area contributed by atoms with Crippen molar-refractivity contribution in [1.29, 1.82) is 0 Å². The second-order valence-electron chi connectivity index (χ2n) is 4.38. The second-order valence-corrected chi connectivity index (χ2v) is 4.38. The van der Waals surface area contributed by atoms with E-state index in [0.29, 0.717) is 30.2 Å². The summed E-state index contributed by atoms with van der Waals surface area (Å²) in [4.78, 5) is 6.13. The van der Waals surface area contributed by atoms with E-state index in [9.17, 15) is 5.11 Å². The number of aliphatic hydroxyl groups is 1. The Morgan fingerprint density at radius 1 is 1.56 bits per heavy atom. The molecule has 1 aliphatic heterocycles. The van der Waals surface area contributed by atoms with Crippen LogP contribution in [-0.4, -0.2) is 41.8 Å². The monoisotopic (exact) mass is 250 g/mol. The van der Waals surface area contributed by atoms with Crippen molar-refractivity contribution < 1.29 is 9.84 Å². The van der Waals surface area contributed by atoms with Crippen LogP contribution in [0.2, 0.25) is 0 Å². The maximum Gasteiger partial charge on any atom is 0.249 e. The van der Waals surface area contributed by atoms with Crippen LogP contribution in [0.5, 0.6) is 5.75 Å². The van der Waals surface area contributed by atoms with Gasteiger partial charge in [-0.25, -0.2) is 9.89 Å². The van der Waals surface area contributed by atoms with Crippen LogP contribution >= 0.6 is 0 Å². The molecule has 0 saturated carbocycles.